The van der Waals surface area contributed by atoms with Crippen LogP contribution in [0.25, 0.3) is 0 Å². The van der Waals surface area contributed by atoms with Gasteiger partial charge in [-0.25, -0.2) is 0 Å². The Morgan fingerprint density at radius 2 is 1.58 bits per heavy atom. The molecule has 16 nitrogen and oxygen atoms in total. The van der Waals surface area contributed by atoms with Crippen LogP contribution in [0.1, 0.15) is 147 Å². The molecule has 18 atom stereocenters. The Bertz CT molecular complexity index is 1510. The maximum absolute atomic E-state index is 14.5. The number of carbonyl (C=O) groups is 2. The summed E-state index contributed by atoms with van der Waals surface area (Å²) in [7, 11) is 5.27. The molecule has 372 valence electrons. The van der Waals surface area contributed by atoms with E-state index in [-0.39, 0.29) is 31.4 Å². The van der Waals surface area contributed by atoms with E-state index in [2.05, 4.69) is 5.16 Å². The Morgan fingerprint density at radius 1 is 0.922 bits per heavy atom. The fourth-order valence-electron chi connectivity index (χ4n) is 11.0. The van der Waals surface area contributed by atoms with E-state index in [4.69, 9.17) is 38.0 Å². The van der Waals surface area contributed by atoms with Crippen molar-refractivity contribution >= 4 is 17.7 Å². The number of aliphatic hydroxyl groups excluding tert-OH is 2. The highest BCUT2D eigenvalue weighted by Gasteiger charge is 2.54. The number of cyclic esters (lactones) is 1. The van der Waals surface area contributed by atoms with E-state index < -0.39 is 108 Å². The zero-order chi connectivity index (χ0) is 47.9. The smallest absolute Gasteiger partial charge is 0.311 e. The Kier molecular flexibility index (Phi) is 19.9. The number of hydrogen-bond acceptors (Lipinski definition) is 16. The first kappa shape index (κ1) is 54.6. The zero-order valence-electron chi connectivity index (χ0n) is 41.5. The van der Waals surface area contributed by atoms with Crippen molar-refractivity contribution in [2.45, 2.75) is 231 Å². The van der Waals surface area contributed by atoms with Crippen molar-refractivity contribution in [1.29, 1.82) is 0 Å². The number of hydrogen-bond donors (Lipinski definition) is 4. The maximum atomic E-state index is 14.5. The van der Waals surface area contributed by atoms with Crippen LogP contribution >= 0.6 is 0 Å². The molecule has 4 fully saturated rings. The van der Waals surface area contributed by atoms with Crippen LogP contribution in [0.4, 0.5) is 0 Å². The standard InChI is InChI=1S/C48H86N2O14/c1-15-36-48(11,56)41(53)29(4)38(49-58-23-19-22-34-20-17-16-18-21-34)27(2)25-46(9,55)42(64-45-39(52)35(50(12)13)24-28(3)59-45)30(5)40(31(6)44(54)62-36)63-37-26-47(10,57-14)43(32(7)60-37)61-33(8)51/h27-32,34-37,39-43,45,52-53,55-56H,15-26H2,1-14H3/b49-38+/t27-,28+,29-,30+,31-,32?,35-,36?,37+,39+,40?,41-,42-,43+,45-,46+,47-,48-/m0/s1. The Balaban J connectivity index is 1.81. The lowest BCUT2D eigenvalue weighted by molar-refractivity contribution is -0.318. The summed E-state index contributed by atoms with van der Waals surface area (Å²) in [6, 6.07) is -0.323. The number of carbonyl (C=O) groups excluding carboxylic acids is 2. The van der Waals surface area contributed by atoms with Crippen molar-refractivity contribution in [2.24, 2.45) is 34.7 Å². The summed E-state index contributed by atoms with van der Waals surface area (Å²) in [5.74, 6) is -3.81. The van der Waals surface area contributed by atoms with Gasteiger partial charge in [-0.05, 0) is 93.7 Å². The van der Waals surface area contributed by atoms with Gasteiger partial charge in [-0.1, -0.05) is 65.0 Å². The summed E-state index contributed by atoms with van der Waals surface area (Å²) in [5.41, 5.74) is -4.32. The molecule has 3 saturated heterocycles. The van der Waals surface area contributed by atoms with Crippen molar-refractivity contribution in [3.05, 3.63) is 0 Å². The van der Waals surface area contributed by atoms with Crippen LogP contribution in [0.15, 0.2) is 5.16 Å². The molecule has 16 heteroatoms. The molecule has 0 amide bonds. The van der Waals surface area contributed by atoms with Crippen molar-refractivity contribution in [1.82, 2.24) is 4.90 Å². The summed E-state index contributed by atoms with van der Waals surface area (Å²) in [6.07, 6.45) is -1.01. The number of likely N-dealkylation sites (N-methyl/N-ethyl adjacent to an activating group) is 1. The summed E-state index contributed by atoms with van der Waals surface area (Å²) in [4.78, 5) is 34.6. The zero-order valence-corrected chi connectivity index (χ0v) is 41.5. The SMILES string of the molecule is CCC1OC(=O)[C@@H](C)C(O[C@@H]2C[C@](C)(OC)[C@H](OC(C)=O)C(C)O2)[C@@H](C)[C@H](O[C@@H]2O[C@H](C)C[C@H](N(C)C)[C@H]2O)[C@](C)(O)C[C@H](C)/C(=N\OCCCC2CCCCC2)[C@H](C)[C@H](O)[C@@]1(C)O. The highest BCUT2D eigenvalue weighted by molar-refractivity contribution is 5.88. The molecule has 4 aliphatic rings. The molecule has 3 aliphatic heterocycles. The van der Waals surface area contributed by atoms with Crippen molar-refractivity contribution in [3.63, 3.8) is 0 Å². The third-order valence-electron chi connectivity index (χ3n) is 14.9. The number of methoxy groups -OCH3 is 1. The molecular weight excluding hydrogens is 829 g/mol. The quantitative estimate of drug-likeness (QED) is 0.102. The second-order valence-corrected chi connectivity index (χ2v) is 20.7. The monoisotopic (exact) mass is 915 g/mol. The van der Waals surface area contributed by atoms with Gasteiger partial charge < -0.3 is 63.3 Å². The lowest BCUT2D eigenvalue weighted by Crippen LogP contribution is -2.61. The summed E-state index contributed by atoms with van der Waals surface area (Å²) in [6.45, 7) is 19.1. The second-order valence-electron chi connectivity index (χ2n) is 20.7. The van der Waals surface area contributed by atoms with E-state index in [1.807, 2.05) is 32.8 Å². The van der Waals surface area contributed by atoms with Gasteiger partial charge in [0.25, 0.3) is 0 Å². The lowest BCUT2D eigenvalue weighted by Gasteiger charge is -2.49. The molecule has 0 radical (unpaired) electrons. The van der Waals surface area contributed by atoms with E-state index in [9.17, 15) is 30.0 Å². The molecule has 0 aromatic heterocycles. The molecule has 4 rings (SSSR count). The fraction of sp³-hybridized carbons (Fsp3) is 0.938. The van der Waals surface area contributed by atoms with E-state index in [0.29, 0.717) is 24.7 Å². The van der Waals surface area contributed by atoms with E-state index >= 15 is 0 Å². The van der Waals surface area contributed by atoms with Gasteiger partial charge >= 0.3 is 11.9 Å². The third-order valence-corrected chi connectivity index (χ3v) is 14.9. The van der Waals surface area contributed by atoms with Crippen LogP contribution < -0.4 is 0 Å². The van der Waals surface area contributed by atoms with Gasteiger partial charge in [0, 0.05) is 44.2 Å². The van der Waals surface area contributed by atoms with Crippen LogP contribution in [-0.2, 0) is 47.6 Å². The third kappa shape index (κ3) is 13.4. The van der Waals surface area contributed by atoms with Crippen LogP contribution in [0.3, 0.4) is 0 Å². The molecule has 0 aromatic rings. The summed E-state index contributed by atoms with van der Waals surface area (Å²) in [5, 5.41) is 53.5. The Hall–Kier alpha value is -1.99. The number of oxime groups is 1. The van der Waals surface area contributed by atoms with Gasteiger partial charge in [-0.3, -0.25) is 9.59 Å². The number of esters is 2. The van der Waals surface area contributed by atoms with Crippen LogP contribution in [0, 0.1) is 29.6 Å². The normalized spacial score (nSPS) is 44.3. The summed E-state index contributed by atoms with van der Waals surface area (Å²) < 4.78 is 44.1. The predicted molar refractivity (Wildman–Crippen MR) is 240 cm³/mol. The minimum absolute atomic E-state index is 0.0203. The van der Waals surface area contributed by atoms with Crippen LogP contribution in [0.2, 0.25) is 0 Å². The molecule has 3 unspecified atom stereocenters. The highest BCUT2D eigenvalue weighted by atomic mass is 16.7. The highest BCUT2D eigenvalue weighted by Crippen LogP contribution is 2.42. The topological polar surface area (TPSA) is 204 Å². The minimum atomic E-state index is -1.94. The largest absolute Gasteiger partial charge is 0.459 e. The van der Waals surface area contributed by atoms with Crippen LogP contribution in [-0.4, -0.2) is 155 Å². The predicted octanol–water partition coefficient (Wildman–Crippen LogP) is 5.52. The Morgan fingerprint density at radius 3 is 2.17 bits per heavy atom. The average molecular weight is 915 g/mol. The Labute approximate surface area is 383 Å². The summed E-state index contributed by atoms with van der Waals surface area (Å²) >= 11 is 0. The van der Waals surface area contributed by atoms with Gasteiger partial charge in [0.1, 0.15) is 30.0 Å². The number of rotatable bonds is 13. The van der Waals surface area contributed by atoms with E-state index in [1.54, 1.807) is 48.5 Å². The number of nitrogens with zero attached hydrogens (tertiary/aromatic N) is 2. The van der Waals surface area contributed by atoms with Crippen molar-refractivity contribution in [3.8, 4) is 0 Å². The molecular formula is C48H86N2O14. The molecule has 4 N–H and O–H groups in total. The van der Waals surface area contributed by atoms with E-state index in [0.717, 1.165) is 12.8 Å². The van der Waals surface area contributed by atoms with Crippen molar-refractivity contribution < 1.29 is 68.0 Å². The van der Waals surface area contributed by atoms with Gasteiger partial charge in [0.2, 0.25) is 0 Å². The first-order chi connectivity index (χ1) is 29.9. The van der Waals surface area contributed by atoms with Gasteiger partial charge in [0.15, 0.2) is 18.7 Å². The molecule has 0 bridgehead atoms. The average Bonchev–Trinajstić information content (AvgIpc) is 3.22. The number of aliphatic hydroxyl groups is 4. The van der Waals surface area contributed by atoms with Gasteiger partial charge in [-0.15, -0.1) is 0 Å². The van der Waals surface area contributed by atoms with E-state index in [1.165, 1.54) is 53.1 Å². The van der Waals surface area contributed by atoms with Crippen molar-refractivity contribution in [2.75, 3.05) is 27.8 Å². The molecule has 0 spiro atoms. The molecule has 1 saturated carbocycles. The molecule has 0 aromatic carbocycles. The number of ether oxygens (including phenoxy) is 7. The molecule has 3 heterocycles. The first-order valence-electron chi connectivity index (χ1n) is 24.1. The maximum Gasteiger partial charge on any atom is 0.311 e. The minimum Gasteiger partial charge on any atom is -0.459 e. The van der Waals surface area contributed by atoms with Gasteiger partial charge in [-0.2, -0.15) is 0 Å². The fourth-order valence-corrected chi connectivity index (χ4v) is 11.0. The molecule has 1 aliphatic carbocycles. The van der Waals surface area contributed by atoms with Gasteiger partial charge in [0.05, 0.1) is 47.8 Å². The second kappa shape index (κ2) is 23.3. The first-order valence-corrected chi connectivity index (χ1v) is 24.1. The lowest BCUT2D eigenvalue weighted by atomic mass is 9.73. The molecule has 64 heavy (non-hydrogen) atoms. The van der Waals surface area contributed by atoms with Crippen LogP contribution in [0.5, 0.6) is 0 Å².